The second-order valence-corrected chi connectivity index (χ2v) is 3.89. The molecule has 1 atom stereocenters. The summed E-state index contributed by atoms with van der Waals surface area (Å²) in [5.74, 6) is -0.233. The minimum Gasteiger partial charge on any atom is -0.324 e. The van der Waals surface area contributed by atoms with Crippen LogP contribution in [0, 0.1) is 5.82 Å². The molecule has 3 heteroatoms. The molecule has 1 rings (SSSR count). The van der Waals surface area contributed by atoms with Crippen LogP contribution in [0.2, 0.25) is 0 Å². The van der Waals surface area contributed by atoms with Crippen LogP contribution in [-0.2, 0) is 0 Å². The van der Waals surface area contributed by atoms with E-state index in [-0.39, 0.29) is 11.9 Å². The van der Waals surface area contributed by atoms with Crippen LogP contribution < -0.4 is 5.73 Å². The summed E-state index contributed by atoms with van der Waals surface area (Å²) in [7, 11) is 0. The highest BCUT2D eigenvalue weighted by Crippen LogP contribution is 2.24. The molecule has 0 aliphatic carbocycles. The first-order chi connectivity index (χ1) is 6.16. The highest BCUT2D eigenvalue weighted by molar-refractivity contribution is 9.10. The van der Waals surface area contributed by atoms with Crippen LogP contribution in [0.4, 0.5) is 4.39 Å². The predicted molar refractivity (Wildman–Crippen MR) is 55.9 cm³/mol. The lowest BCUT2D eigenvalue weighted by Crippen LogP contribution is -2.11. The highest BCUT2D eigenvalue weighted by atomic mass is 79.9. The molecular weight excluding hydrogens is 233 g/mol. The van der Waals surface area contributed by atoms with Crippen molar-refractivity contribution in [3.8, 4) is 0 Å². The largest absolute Gasteiger partial charge is 0.324 e. The fourth-order valence-electron chi connectivity index (χ4n) is 1.27. The van der Waals surface area contributed by atoms with Gasteiger partial charge in [-0.2, -0.15) is 0 Å². The van der Waals surface area contributed by atoms with Gasteiger partial charge in [0.2, 0.25) is 0 Å². The quantitative estimate of drug-likeness (QED) is 0.869. The van der Waals surface area contributed by atoms with E-state index in [0.717, 1.165) is 12.8 Å². The van der Waals surface area contributed by atoms with Crippen molar-refractivity contribution < 1.29 is 4.39 Å². The van der Waals surface area contributed by atoms with E-state index in [1.165, 1.54) is 0 Å². The van der Waals surface area contributed by atoms with E-state index in [1.807, 2.05) is 6.92 Å². The van der Waals surface area contributed by atoms with E-state index in [0.29, 0.717) is 10.0 Å². The zero-order chi connectivity index (χ0) is 9.84. The SMILES string of the molecule is CCCC(N)c1cccc(Br)c1F. The van der Waals surface area contributed by atoms with Crippen molar-refractivity contribution in [3.63, 3.8) is 0 Å². The van der Waals surface area contributed by atoms with Gasteiger partial charge in [-0.05, 0) is 28.4 Å². The molecule has 72 valence electrons. The Labute approximate surface area is 86.3 Å². The maximum atomic E-state index is 13.4. The molecule has 0 aromatic heterocycles. The molecule has 1 aromatic carbocycles. The van der Waals surface area contributed by atoms with E-state index in [4.69, 9.17) is 5.73 Å². The first-order valence-corrected chi connectivity index (χ1v) is 5.15. The highest BCUT2D eigenvalue weighted by Gasteiger charge is 2.11. The minimum atomic E-state index is -0.233. The Balaban J connectivity index is 2.93. The maximum absolute atomic E-state index is 13.4. The summed E-state index contributed by atoms with van der Waals surface area (Å²) in [4.78, 5) is 0. The van der Waals surface area contributed by atoms with Crippen molar-refractivity contribution in [1.82, 2.24) is 0 Å². The summed E-state index contributed by atoms with van der Waals surface area (Å²) in [6.45, 7) is 2.04. The number of hydrogen-bond acceptors (Lipinski definition) is 1. The van der Waals surface area contributed by atoms with Crippen molar-refractivity contribution in [2.75, 3.05) is 0 Å². The Bertz CT molecular complexity index is 288. The molecule has 0 fully saturated rings. The lowest BCUT2D eigenvalue weighted by molar-refractivity contribution is 0.555. The topological polar surface area (TPSA) is 26.0 Å². The maximum Gasteiger partial charge on any atom is 0.142 e. The zero-order valence-corrected chi connectivity index (χ0v) is 9.14. The van der Waals surface area contributed by atoms with Crippen LogP contribution in [-0.4, -0.2) is 0 Å². The van der Waals surface area contributed by atoms with Crippen LogP contribution in [0.25, 0.3) is 0 Å². The second-order valence-electron chi connectivity index (χ2n) is 3.04. The summed E-state index contributed by atoms with van der Waals surface area (Å²) in [5.41, 5.74) is 6.41. The number of halogens is 2. The Morgan fingerprint density at radius 3 is 2.85 bits per heavy atom. The van der Waals surface area contributed by atoms with Gasteiger partial charge in [0.15, 0.2) is 0 Å². The Morgan fingerprint density at radius 2 is 2.23 bits per heavy atom. The van der Waals surface area contributed by atoms with Crippen LogP contribution in [0.5, 0.6) is 0 Å². The predicted octanol–water partition coefficient (Wildman–Crippen LogP) is 3.39. The van der Waals surface area contributed by atoms with Gasteiger partial charge in [-0.3, -0.25) is 0 Å². The Hall–Kier alpha value is -0.410. The smallest absolute Gasteiger partial charge is 0.142 e. The standard InChI is InChI=1S/C10H13BrFN/c1-2-4-9(13)7-5-3-6-8(11)10(7)12/h3,5-6,9H,2,4,13H2,1H3. The molecule has 2 N–H and O–H groups in total. The summed E-state index contributed by atoms with van der Waals surface area (Å²) in [6.07, 6.45) is 1.78. The molecule has 0 heterocycles. The molecule has 0 radical (unpaired) electrons. The van der Waals surface area contributed by atoms with Gasteiger partial charge in [0, 0.05) is 11.6 Å². The number of nitrogens with two attached hydrogens (primary N) is 1. The van der Waals surface area contributed by atoms with Gasteiger partial charge in [-0.25, -0.2) is 4.39 Å². The van der Waals surface area contributed by atoms with E-state index in [2.05, 4.69) is 15.9 Å². The van der Waals surface area contributed by atoms with E-state index in [9.17, 15) is 4.39 Å². The average molecular weight is 246 g/mol. The molecule has 0 spiro atoms. The van der Waals surface area contributed by atoms with E-state index < -0.39 is 0 Å². The zero-order valence-electron chi connectivity index (χ0n) is 7.56. The first kappa shape index (κ1) is 10.7. The fraction of sp³-hybridized carbons (Fsp3) is 0.400. The Kier molecular flexibility index (Phi) is 3.88. The van der Waals surface area contributed by atoms with Crippen molar-refractivity contribution in [2.45, 2.75) is 25.8 Å². The third kappa shape index (κ3) is 2.51. The summed E-state index contributed by atoms with van der Waals surface area (Å²) in [6, 6.07) is 5.03. The lowest BCUT2D eigenvalue weighted by atomic mass is 10.0. The third-order valence-electron chi connectivity index (χ3n) is 1.98. The van der Waals surface area contributed by atoms with Gasteiger partial charge in [-0.1, -0.05) is 25.5 Å². The van der Waals surface area contributed by atoms with Gasteiger partial charge in [0.1, 0.15) is 5.82 Å². The molecule has 1 nitrogen and oxygen atoms in total. The van der Waals surface area contributed by atoms with E-state index >= 15 is 0 Å². The van der Waals surface area contributed by atoms with Gasteiger partial charge in [0.25, 0.3) is 0 Å². The first-order valence-electron chi connectivity index (χ1n) is 4.36. The number of benzene rings is 1. The molecule has 0 bridgehead atoms. The van der Waals surface area contributed by atoms with Crippen LogP contribution >= 0.6 is 15.9 Å². The van der Waals surface area contributed by atoms with Gasteiger partial charge in [-0.15, -0.1) is 0 Å². The molecule has 1 aromatic rings. The van der Waals surface area contributed by atoms with Crippen molar-refractivity contribution >= 4 is 15.9 Å². The molecule has 0 amide bonds. The minimum absolute atomic E-state index is 0.192. The molecule has 1 unspecified atom stereocenters. The van der Waals surface area contributed by atoms with Crippen LogP contribution in [0.3, 0.4) is 0 Å². The summed E-state index contributed by atoms with van der Waals surface area (Å²) in [5, 5.41) is 0. The third-order valence-corrected chi connectivity index (χ3v) is 2.59. The molecule has 13 heavy (non-hydrogen) atoms. The summed E-state index contributed by atoms with van der Waals surface area (Å²) >= 11 is 3.13. The van der Waals surface area contributed by atoms with Crippen molar-refractivity contribution in [2.24, 2.45) is 5.73 Å². The van der Waals surface area contributed by atoms with Crippen molar-refractivity contribution in [3.05, 3.63) is 34.1 Å². The molecule has 0 aliphatic heterocycles. The lowest BCUT2D eigenvalue weighted by Gasteiger charge is -2.12. The van der Waals surface area contributed by atoms with E-state index in [1.54, 1.807) is 18.2 Å². The van der Waals surface area contributed by atoms with Gasteiger partial charge < -0.3 is 5.73 Å². The summed E-state index contributed by atoms with van der Waals surface area (Å²) < 4.78 is 13.9. The second kappa shape index (κ2) is 4.72. The van der Waals surface area contributed by atoms with Crippen LogP contribution in [0.1, 0.15) is 31.4 Å². The average Bonchev–Trinajstić information content (AvgIpc) is 2.10. The monoisotopic (exact) mass is 245 g/mol. The Morgan fingerprint density at radius 1 is 1.54 bits per heavy atom. The van der Waals surface area contributed by atoms with Gasteiger partial charge >= 0.3 is 0 Å². The van der Waals surface area contributed by atoms with Crippen molar-refractivity contribution in [1.29, 1.82) is 0 Å². The molecule has 0 aliphatic rings. The number of rotatable bonds is 3. The molecule has 0 saturated heterocycles. The molecule has 0 saturated carbocycles. The fourth-order valence-corrected chi connectivity index (χ4v) is 1.65. The van der Waals surface area contributed by atoms with Crippen LogP contribution in [0.15, 0.2) is 22.7 Å². The van der Waals surface area contributed by atoms with Gasteiger partial charge in [0.05, 0.1) is 4.47 Å². The normalized spacial score (nSPS) is 12.9. The molecular formula is C10H13BrFN. The number of hydrogen-bond donors (Lipinski definition) is 1.